The summed E-state index contributed by atoms with van der Waals surface area (Å²) in [5.41, 5.74) is -0.406. The minimum atomic E-state index is -1.28. The van der Waals surface area contributed by atoms with E-state index >= 15 is 0 Å². The fourth-order valence-electron chi connectivity index (χ4n) is 1.55. The van der Waals surface area contributed by atoms with Crippen molar-refractivity contribution >= 4 is 50.5 Å². The van der Waals surface area contributed by atoms with E-state index in [2.05, 4.69) is 21.2 Å². The van der Waals surface area contributed by atoms with Gasteiger partial charge in [-0.1, -0.05) is 0 Å². The Balaban J connectivity index is 2.33. The van der Waals surface area contributed by atoms with Crippen molar-refractivity contribution < 1.29 is 19.6 Å². The molecule has 9 heteroatoms. The van der Waals surface area contributed by atoms with E-state index in [4.69, 9.17) is 5.11 Å². The fourth-order valence-corrected chi connectivity index (χ4v) is 2.68. The Kier molecular flexibility index (Phi) is 4.34. The van der Waals surface area contributed by atoms with Crippen LogP contribution in [0.1, 0.15) is 20.7 Å². The molecule has 0 aliphatic rings. The Hall–Kier alpha value is -2.26. The van der Waals surface area contributed by atoms with E-state index in [1.165, 1.54) is 23.5 Å². The van der Waals surface area contributed by atoms with Crippen molar-refractivity contribution in [3.05, 3.63) is 54.7 Å². The molecule has 1 aromatic heterocycles. The normalized spacial score (nSPS) is 10.1. The third-order valence-electron chi connectivity index (χ3n) is 2.52. The third-order valence-corrected chi connectivity index (χ3v) is 4.02. The summed E-state index contributed by atoms with van der Waals surface area (Å²) in [7, 11) is 0. The van der Waals surface area contributed by atoms with Gasteiger partial charge >= 0.3 is 5.97 Å². The number of nitro benzene ring substituents is 1. The Labute approximate surface area is 130 Å². The van der Waals surface area contributed by atoms with Gasteiger partial charge < -0.3 is 10.4 Å². The molecule has 1 aromatic carbocycles. The van der Waals surface area contributed by atoms with Crippen LogP contribution in [-0.2, 0) is 0 Å². The average molecular weight is 371 g/mol. The lowest BCUT2D eigenvalue weighted by atomic mass is 10.1. The zero-order valence-electron chi connectivity index (χ0n) is 10.2. The second-order valence-corrected chi connectivity index (χ2v) is 6.18. The van der Waals surface area contributed by atoms with Crippen molar-refractivity contribution in [2.45, 2.75) is 0 Å². The van der Waals surface area contributed by atoms with Gasteiger partial charge in [0.2, 0.25) is 0 Å². The topological polar surface area (TPSA) is 110 Å². The summed E-state index contributed by atoms with van der Waals surface area (Å²) in [6.45, 7) is 0. The predicted octanol–water partition coefficient (Wildman–Crippen LogP) is 3.37. The highest BCUT2D eigenvalue weighted by Gasteiger charge is 2.19. The van der Waals surface area contributed by atoms with Crippen molar-refractivity contribution in [1.82, 2.24) is 0 Å². The monoisotopic (exact) mass is 370 g/mol. The number of thiophene rings is 1. The minimum absolute atomic E-state index is 0.0580. The van der Waals surface area contributed by atoms with Crippen LogP contribution in [0, 0.1) is 10.1 Å². The Bertz CT molecular complexity index is 743. The quantitative estimate of drug-likeness (QED) is 0.633. The standard InChI is InChI=1S/C12H7BrN2O5S/c13-10-4-7(5-21-10)11(16)14-8-2-1-6(12(17)18)3-9(8)15(19)20/h1-5H,(H,14,16)(H,17,18). The largest absolute Gasteiger partial charge is 0.478 e. The van der Waals surface area contributed by atoms with E-state index in [0.29, 0.717) is 5.56 Å². The molecular formula is C12H7BrN2O5S. The predicted molar refractivity (Wildman–Crippen MR) is 80.0 cm³/mol. The molecule has 7 nitrogen and oxygen atoms in total. The zero-order valence-corrected chi connectivity index (χ0v) is 12.6. The van der Waals surface area contributed by atoms with Gasteiger partial charge in [0.15, 0.2) is 0 Å². The number of hydrogen-bond acceptors (Lipinski definition) is 5. The van der Waals surface area contributed by atoms with Crippen LogP contribution in [0.5, 0.6) is 0 Å². The van der Waals surface area contributed by atoms with Crippen LogP contribution >= 0.6 is 27.3 Å². The van der Waals surface area contributed by atoms with Crippen molar-refractivity contribution in [3.8, 4) is 0 Å². The molecule has 0 spiro atoms. The second-order valence-electron chi connectivity index (χ2n) is 3.89. The molecule has 0 aliphatic carbocycles. The number of anilines is 1. The molecule has 0 bridgehead atoms. The molecule has 1 heterocycles. The zero-order chi connectivity index (χ0) is 15.6. The number of carbonyl (C=O) groups is 2. The number of aromatic carboxylic acids is 1. The van der Waals surface area contributed by atoms with Crippen LogP contribution < -0.4 is 5.32 Å². The maximum Gasteiger partial charge on any atom is 0.335 e. The molecule has 2 rings (SSSR count). The number of carbonyl (C=O) groups excluding carboxylic acids is 1. The number of benzene rings is 1. The molecule has 2 aromatic rings. The number of halogens is 1. The van der Waals surface area contributed by atoms with Crippen molar-refractivity contribution in [2.24, 2.45) is 0 Å². The van der Waals surface area contributed by atoms with E-state index < -0.39 is 22.5 Å². The number of hydrogen-bond donors (Lipinski definition) is 2. The van der Waals surface area contributed by atoms with Crippen LogP contribution in [0.3, 0.4) is 0 Å². The minimum Gasteiger partial charge on any atom is -0.478 e. The van der Waals surface area contributed by atoms with Gasteiger partial charge in [-0.25, -0.2) is 4.79 Å². The number of carboxylic acid groups (broad SMARTS) is 1. The molecule has 1 amide bonds. The average Bonchev–Trinajstić information content (AvgIpc) is 2.85. The first-order chi connectivity index (χ1) is 9.88. The van der Waals surface area contributed by atoms with Crippen LogP contribution in [0.2, 0.25) is 0 Å². The first-order valence-corrected chi connectivity index (χ1v) is 7.13. The number of rotatable bonds is 4. The Morgan fingerprint density at radius 1 is 1.29 bits per heavy atom. The highest BCUT2D eigenvalue weighted by atomic mass is 79.9. The van der Waals surface area contributed by atoms with Gasteiger partial charge in [0.1, 0.15) is 5.69 Å². The maximum atomic E-state index is 12.0. The molecule has 0 aliphatic heterocycles. The highest BCUT2D eigenvalue weighted by Crippen LogP contribution is 2.27. The Morgan fingerprint density at radius 2 is 2.00 bits per heavy atom. The lowest BCUT2D eigenvalue weighted by Crippen LogP contribution is -2.12. The summed E-state index contributed by atoms with van der Waals surface area (Å²) in [4.78, 5) is 33.0. The van der Waals surface area contributed by atoms with E-state index in [-0.39, 0.29) is 11.3 Å². The first-order valence-electron chi connectivity index (χ1n) is 5.45. The summed E-state index contributed by atoms with van der Waals surface area (Å²) < 4.78 is 0.753. The summed E-state index contributed by atoms with van der Waals surface area (Å²) in [5.74, 6) is -1.79. The SMILES string of the molecule is O=C(O)c1ccc(NC(=O)c2csc(Br)c2)c([N+](=O)[O-])c1. The van der Waals surface area contributed by atoms with Crippen LogP contribution in [0.25, 0.3) is 0 Å². The first kappa shape index (κ1) is 15.1. The summed E-state index contributed by atoms with van der Waals surface area (Å²) in [6, 6.07) is 4.87. The maximum absolute atomic E-state index is 12.0. The van der Waals surface area contributed by atoms with Gasteiger partial charge in [-0.05, 0) is 34.1 Å². The van der Waals surface area contributed by atoms with Crippen molar-refractivity contribution in [2.75, 3.05) is 5.32 Å². The van der Waals surface area contributed by atoms with Crippen LogP contribution in [-0.4, -0.2) is 21.9 Å². The van der Waals surface area contributed by atoms with E-state index in [1.807, 2.05) is 0 Å². The van der Waals surface area contributed by atoms with Gasteiger partial charge in [0.25, 0.3) is 11.6 Å². The van der Waals surface area contributed by atoms with E-state index in [0.717, 1.165) is 9.85 Å². The lowest BCUT2D eigenvalue weighted by molar-refractivity contribution is -0.383. The highest BCUT2D eigenvalue weighted by molar-refractivity contribution is 9.11. The van der Waals surface area contributed by atoms with E-state index in [1.54, 1.807) is 11.4 Å². The molecule has 0 saturated heterocycles. The second kappa shape index (κ2) is 6.02. The number of nitro groups is 1. The molecule has 21 heavy (non-hydrogen) atoms. The smallest absolute Gasteiger partial charge is 0.335 e. The van der Waals surface area contributed by atoms with Gasteiger partial charge in [-0.3, -0.25) is 14.9 Å². The van der Waals surface area contributed by atoms with Crippen molar-refractivity contribution in [3.63, 3.8) is 0 Å². The molecule has 0 fully saturated rings. The van der Waals surface area contributed by atoms with Gasteiger partial charge in [0, 0.05) is 11.4 Å². The fraction of sp³-hybridized carbons (Fsp3) is 0. The number of nitrogens with one attached hydrogen (secondary N) is 1. The van der Waals surface area contributed by atoms with Gasteiger partial charge in [0.05, 0.1) is 19.8 Å². The van der Waals surface area contributed by atoms with Gasteiger partial charge in [-0.15, -0.1) is 11.3 Å². The molecule has 108 valence electrons. The van der Waals surface area contributed by atoms with Crippen molar-refractivity contribution in [1.29, 1.82) is 0 Å². The van der Waals surface area contributed by atoms with Crippen LogP contribution in [0.15, 0.2) is 33.4 Å². The third kappa shape index (κ3) is 3.44. The molecular weight excluding hydrogens is 364 g/mol. The van der Waals surface area contributed by atoms with E-state index in [9.17, 15) is 19.7 Å². The summed E-state index contributed by atoms with van der Waals surface area (Å²) in [5, 5.41) is 23.8. The summed E-state index contributed by atoms with van der Waals surface area (Å²) in [6.07, 6.45) is 0. The molecule has 0 radical (unpaired) electrons. The molecule has 0 unspecified atom stereocenters. The molecule has 0 atom stereocenters. The summed E-state index contributed by atoms with van der Waals surface area (Å²) >= 11 is 4.52. The van der Waals surface area contributed by atoms with Crippen LogP contribution in [0.4, 0.5) is 11.4 Å². The molecule has 2 N–H and O–H groups in total. The molecule has 0 saturated carbocycles. The number of nitrogens with zero attached hydrogens (tertiary/aromatic N) is 1. The number of carboxylic acids is 1. The van der Waals surface area contributed by atoms with Gasteiger partial charge in [-0.2, -0.15) is 0 Å². The lowest BCUT2D eigenvalue weighted by Gasteiger charge is -2.05. The Morgan fingerprint density at radius 3 is 2.52 bits per heavy atom. The number of amides is 1.